The fourth-order valence-electron chi connectivity index (χ4n) is 1.71. The normalized spacial score (nSPS) is 11.2. The lowest BCUT2D eigenvalue weighted by molar-refractivity contribution is 0.302. The lowest BCUT2D eigenvalue weighted by Gasteiger charge is -2.14. The predicted molar refractivity (Wildman–Crippen MR) is 67.6 cm³/mol. The number of thiophene rings is 1. The van der Waals surface area contributed by atoms with E-state index in [1.54, 1.807) is 11.3 Å². The maximum Gasteiger partial charge on any atom is 0.165 e. The molecule has 0 bridgehead atoms. The first-order chi connectivity index (χ1) is 8.29. The Bertz CT molecular complexity index is 436. The highest BCUT2D eigenvalue weighted by Crippen LogP contribution is 2.10. The molecule has 2 heterocycles. The van der Waals surface area contributed by atoms with Crippen molar-refractivity contribution in [3.05, 3.63) is 28.2 Å². The van der Waals surface area contributed by atoms with Gasteiger partial charge in [-0.2, -0.15) is 11.3 Å². The van der Waals surface area contributed by atoms with Gasteiger partial charge in [-0.05, 0) is 46.3 Å². The van der Waals surface area contributed by atoms with Crippen molar-refractivity contribution in [2.24, 2.45) is 0 Å². The third kappa shape index (κ3) is 3.34. The minimum absolute atomic E-state index is 0.781. The third-order valence-corrected chi connectivity index (χ3v) is 3.22. The number of hydrogen-bond acceptors (Lipinski definition) is 5. The molecule has 0 saturated carbocycles. The number of hydrogen-bond donors (Lipinski definition) is 0. The second-order valence-corrected chi connectivity index (χ2v) is 4.90. The van der Waals surface area contributed by atoms with Gasteiger partial charge in [-0.25, -0.2) is 4.68 Å². The lowest BCUT2D eigenvalue weighted by Crippen LogP contribution is -2.20. The second kappa shape index (κ2) is 5.88. The minimum Gasteiger partial charge on any atom is -0.295 e. The molecule has 0 amide bonds. The zero-order valence-corrected chi connectivity index (χ0v) is 11.0. The van der Waals surface area contributed by atoms with Gasteiger partial charge in [0.05, 0.1) is 6.54 Å². The molecule has 6 heteroatoms. The van der Waals surface area contributed by atoms with Crippen molar-refractivity contribution in [3.63, 3.8) is 0 Å². The van der Waals surface area contributed by atoms with Gasteiger partial charge in [-0.1, -0.05) is 6.92 Å². The van der Waals surface area contributed by atoms with E-state index in [4.69, 9.17) is 0 Å². The smallest absolute Gasteiger partial charge is 0.165 e. The van der Waals surface area contributed by atoms with Crippen molar-refractivity contribution in [2.45, 2.75) is 33.0 Å². The summed E-state index contributed by atoms with van der Waals surface area (Å²) in [6, 6.07) is 2.15. The van der Waals surface area contributed by atoms with Crippen LogP contribution in [0.5, 0.6) is 0 Å². The van der Waals surface area contributed by atoms with E-state index in [0.717, 1.165) is 31.9 Å². The molecule has 2 rings (SSSR count). The molecule has 92 valence electrons. The zero-order chi connectivity index (χ0) is 12.1. The summed E-state index contributed by atoms with van der Waals surface area (Å²) in [6.07, 6.45) is 1.05. The quantitative estimate of drug-likeness (QED) is 0.785. The minimum atomic E-state index is 0.781. The molecule has 0 aromatic carbocycles. The fraction of sp³-hybridized carbons (Fsp3) is 0.545. The van der Waals surface area contributed by atoms with Crippen molar-refractivity contribution in [1.29, 1.82) is 0 Å². The molecule has 17 heavy (non-hydrogen) atoms. The van der Waals surface area contributed by atoms with Crippen LogP contribution in [0.15, 0.2) is 16.8 Å². The van der Waals surface area contributed by atoms with Gasteiger partial charge in [-0.15, -0.1) is 5.10 Å². The van der Waals surface area contributed by atoms with Gasteiger partial charge in [0.15, 0.2) is 5.82 Å². The van der Waals surface area contributed by atoms with E-state index in [9.17, 15) is 0 Å². The van der Waals surface area contributed by atoms with Crippen LogP contribution in [0.3, 0.4) is 0 Å². The van der Waals surface area contributed by atoms with E-state index in [1.165, 1.54) is 5.56 Å². The molecule has 0 fully saturated rings. The molecule has 0 aliphatic carbocycles. The lowest BCUT2D eigenvalue weighted by atomic mass is 10.3. The van der Waals surface area contributed by atoms with Crippen LogP contribution in [-0.4, -0.2) is 32.2 Å². The van der Waals surface area contributed by atoms with Crippen LogP contribution in [-0.2, 0) is 19.6 Å². The molecule has 0 aliphatic rings. The van der Waals surface area contributed by atoms with Crippen molar-refractivity contribution in [1.82, 2.24) is 25.1 Å². The van der Waals surface area contributed by atoms with Crippen LogP contribution < -0.4 is 0 Å². The first-order valence-electron chi connectivity index (χ1n) is 5.74. The monoisotopic (exact) mass is 251 g/mol. The predicted octanol–water partition coefficient (Wildman–Crippen LogP) is 1.78. The Hall–Kier alpha value is -1.27. The molecule has 0 spiro atoms. The van der Waals surface area contributed by atoms with E-state index < -0.39 is 0 Å². The van der Waals surface area contributed by atoms with Crippen LogP contribution in [0.2, 0.25) is 0 Å². The zero-order valence-electron chi connectivity index (χ0n) is 10.2. The van der Waals surface area contributed by atoms with Gasteiger partial charge in [0.2, 0.25) is 0 Å². The Labute approximate surface area is 105 Å². The summed E-state index contributed by atoms with van der Waals surface area (Å²) in [6.45, 7) is 4.72. The molecule has 0 aliphatic heterocycles. The molecule has 0 unspecified atom stereocenters. The first kappa shape index (κ1) is 12.2. The van der Waals surface area contributed by atoms with Crippen molar-refractivity contribution in [3.8, 4) is 0 Å². The van der Waals surface area contributed by atoms with Crippen molar-refractivity contribution in [2.75, 3.05) is 7.05 Å². The number of nitrogens with zero attached hydrogens (tertiary/aromatic N) is 5. The van der Waals surface area contributed by atoms with Crippen molar-refractivity contribution < 1.29 is 0 Å². The SMILES string of the molecule is CCCn1nnnc1CN(C)Cc1ccsc1. The molecule has 0 radical (unpaired) electrons. The van der Waals surface area contributed by atoms with Crippen molar-refractivity contribution >= 4 is 11.3 Å². The topological polar surface area (TPSA) is 46.8 Å². The second-order valence-electron chi connectivity index (χ2n) is 4.12. The summed E-state index contributed by atoms with van der Waals surface area (Å²) in [5.41, 5.74) is 1.34. The molecular formula is C11H17N5S. The largest absolute Gasteiger partial charge is 0.295 e. The van der Waals surface area contributed by atoms with Crippen LogP contribution in [0.4, 0.5) is 0 Å². The van der Waals surface area contributed by atoms with Gasteiger partial charge in [0.25, 0.3) is 0 Å². The molecule has 0 N–H and O–H groups in total. The molecule has 0 atom stereocenters. The number of aryl methyl sites for hydroxylation is 1. The Kier molecular flexibility index (Phi) is 4.22. The third-order valence-electron chi connectivity index (χ3n) is 2.49. The molecule has 2 aromatic heterocycles. The summed E-state index contributed by atoms with van der Waals surface area (Å²) < 4.78 is 1.88. The first-order valence-corrected chi connectivity index (χ1v) is 6.68. The summed E-state index contributed by atoms with van der Waals surface area (Å²) in [4.78, 5) is 2.22. The molecule has 5 nitrogen and oxygen atoms in total. The molecule has 0 saturated heterocycles. The van der Waals surface area contributed by atoms with E-state index >= 15 is 0 Å². The van der Waals surface area contributed by atoms with E-state index in [1.807, 2.05) is 4.68 Å². The van der Waals surface area contributed by atoms with E-state index in [-0.39, 0.29) is 0 Å². The maximum atomic E-state index is 4.07. The maximum absolute atomic E-state index is 4.07. The summed E-state index contributed by atoms with van der Waals surface area (Å²) in [5.74, 6) is 0.935. The van der Waals surface area contributed by atoms with E-state index in [2.05, 4.69) is 51.2 Å². The highest BCUT2D eigenvalue weighted by molar-refractivity contribution is 7.07. The van der Waals surface area contributed by atoms with Gasteiger partial charge in [-0.3, -0.25) is 4.90 Å². The van der Waals surface area contributed by atoms with Gasteiger partial charge in [0.1, 0.15) is 0 Å². The fourth-order valence-corrected chi connectivity index (χ4v) is 2.37. The number of tetrazole rings is 1. The van der Waals surface area contributed by atoms with Gasteiger partial charge in [0, 0.05) is 13.1 Å². The Balaban J connectivity index is 1.93. The average molecular weight is 251 g/mol. The standard InChI is InChI=1S/C11H17N5S/c1-3-5-16-11(12-13-14-16)8-15(2)7-10-4-6-17-9-10/h4,6,9H,3,5,7-8H2,1-2H3. The molecule has 2 aromatic rings. The number of aromatic nitrogens is 4. The summed E-state index contributed by atoms with van der Waals surface area (Å²) in [7, 11) is 2.09. The highest BCUT2D eigenvalue weighted by Gasteiger charge is 2.09. The molecular weight excluding hydrogens is 234 g/mol. The van der Waals surface area contributed by atoms with Crippen LogP contribution in [0.1, 0.15) is 24.7 Å². The van der Waals surface area contributed by atoms with Crippen LogP contribution >= 0.6 is 11.3 Å². The Morgan fingerprint density at radius 3 is 3.00 bits per heavy atom. The highest BCUT2D eigenvalue weighted by atomic mass is 32.1. The summed E-state index contributed by atoms with van der Waals surface area (Å²) in [5, 5.41) is 16.1. The van der Waals surface area contributed by atoms with Crippen LogP contribution in [0, 0.1) is 0 Å². The number of rotatable bonds is 6. The van der Waals surface area contributed by atoms with E-state index in [0.29, 0.717) is 0 Å². The average Bonchev–Trinajstić information content (AvgIpc) is 2.92. The van der Waals surface area contributed by atoms with Gasteiger partial charge < -0.3 is 0 Å². The van der Waals surface area contributed by atoms with Crippen LogP contribution in [0.25, 0.3) is 0 Å². The van der Waals surface area contributed by atoms with Gasteiger partial charge >= 0.3 is 0 Å². The Morgan fingerprint density at radius 2 is 2.29 bits per heavy atom. The Morgan fingerprint density at radius 1 is 1.41 bits per heavy atom. The summed E-state index contributed by atoms with van der Waals surface area (Å²) >= 11 is 1.73.